The summed E-state index contributed by atoms with van der Waals surface area (Å²) in [6, 6.07) is 74.8. The van der Waals surface area contributed by atoms with Gasteiger partial charge in [0.05, 0.1) is 0 Å². The number of fused-ring (bicyclic) bond motifs is 8. The average molecular weight is 979 g/mol. The molecule has 76 heavy (non-hydrogen) atoms. The first kappa shape index (κ1) is 49.6. The fourth-order valence-electron chi connectivity index (χ4n) is 11.7. The zero-order chi connectivity index (χ0) is 52.5. The Morgan fingerprint density at radius 1 is 0.263 bits per heavy atom. The molecule has 0 unspecified atom stereocenters. The summed E-state index contributed by atoms with van der Waals surface area (Å²) in [5, 5.41) is 21.7. The normalized spacial score (nSPS) is 12.0. The van der Waals surface area contributed by atoms with Gasteiger partial charge in [0.25, 0.3) is 0 Å². The van der Waals surface area contributed by atoms with Gasteiger partial charge in [-0.1, -0.05) is 241 Å². The quantitative estimate of drug-likeness (QED) is 0.105. The summed E-state index contributed by atoms with van der Waals surface area (Å²) in [5.74, 6) is 0. The van der Waals surface area contributed by atoms with E-state index < -0.39 is 0 Å². The van der Waals surface area contributed by atoms with Crippen molar-refractivity contribution in [2.45, 2.75) is 68.2 Å². The Morgan fingerprint density at radius 3 is 1.53 bits per heavy atom. The largest absolute Gasteiger partial charge is 0.0795 e. The van der Waals surface area contributed by atoms with Crippen LogP contribution in [0.15, 0.2) is 218 Å². The molecule has 15 rings (SSSR count). The second kappa shape index (κ2) is 21.3. The lowest BCUT2D eigenvalue weighted by Crippen LogP contribution is -1.97. The van der Waals surface area contributed by atoms with Gasteiger partial charge < -0.3 is 0 Å². The van der Waals surface area contributed by atoms with Crippen molar-refractivity contribution in [2.24, 2.45) is 0 Å². The van der Waals surface area contributed by atoms with Crippen molar-refractivity contribution in [1.29, 1.82) is 0 Å². The van der Waals surface area contributed by atoms with E-state index in [1.165, 1.54) is 153 Å². The molecule has 13 aromatic carbocycles. The van der Waals surface area contributed by atoms with Crippen molar-refractivity contribution in [3.63, 3.8) is 0 Å². The minimum Gasteiger partial charge on any atom is -0.0795 e. The number of rotatable bonds is 0. The predicted molar refractivity (Wildman–Crippen MR) is 336 cm³/mol. The van der Waals surface area contributed by atoms with Gasteiger partial charge in [-0.15, -0.1) is 0 Å². The molecule has 0 heteroatoms. The summed E-state index contributed by atoms with van der Waals surface area (Å²) in [6.07, 6.45) is 11.2. The molecule has 0 atom stereocenters. The van der Waals surface area contributed by atoms with Gasteiger partial charge in [-0.3, -0.25) is 0 Å². The van der Waals surface area contributed by atoms with Gasteiger partial charge in [0, 0.05) is 0 Å². The van der Waals surface area contributed by atoms with E-state index in [2.05, 4.69) is 286 Å². The van der Waals surface area contributed by atoms with Gasteiger partial charge in [-0.2, -0.15) is 0 Å². The molecule has 0 nitrogen and oxygen atoms in total. The van der Waals surface area contributed by atoms with Crippen LogP contribution in [-0.2, 0) is 12.8 Å². The number of hydrogen-bond donors (Lipinski definition) is 0. The lowest BCUT2D eigenvalue weighted by Gasteiger charge is -2.16. The summed E-state index contributed by atoms with van der Waals surface area (Å²) in [5.41, 5.74) is 16.6. The predicted octanol–water partition coefficient (Wildman–Crippen LogP) is 21.3. The maximum atomic E-state index is 2.31. The highest BCUT2D eigenvalue weighted by molar-refractivity contribution is 6.10. The average Bonchev–Trinajstić information content (AvgIpc) is 3.47. The fraction of sp³-hybridized carbons (Fsp3) is 0.132. The summed E-state index contributed by atoms with van der Waals surface area (Å²) in [7, 11) is 0. The van der Waals surface area contributed by atoms with Crippen LogP contribution in [0.1, 0.15) is 66.8 Å². The van der Waals surface area contributed by atoms with Crippen LogP contribution >= 0.6 is 0 Å². The molecular formula is C76H66. The minimum absolute atomic E-state index is 1.08. The van der Waals surface area contributed by atoms with Gasteiger partial charge in [0.15, 0.2) is 0 Å². The first-order valence-electron chi connectivity index (χ1n) is 27.0. The highest BCUT2D eigenvalue weighted by Gasteiger charge is 2.13. The van der Waals surface area contributed by atoms with Crippen molar-refractivity contribution in [1.82, 2.24) is 0 Å². The molecule has 370 valence electrons. The third-order valence-corrected chi connectivity index (χ3v) is 15.5. The van der Waals surface area contributed by atoms with Crippen LogP contribution in [0, 0.1) is 55.4 Å². The second-order valence-corrected chi connectivity index (χ2v) is 21.4. The maximum Gasteiger partial charge on any atom is -0.00710 e. The van der Waals surface area contributed by atoms with Crippen molar-refractivity contribution < 1.29 is 0 Å². The van der Waals surface area contributed by atoms with E-state index in [-0.39, 0.29) is 0 Å². The van der Waals surface area contributed by atoms with E-state index in [0.29, 0.717) is 0 Å². The third kappa shape index (κ3) is 10.3. The van der Waals surface area contributed by atoms with Gasteiger partial charge in [-0.05, 0) is 211 Å². The molecule has 0 saturated heterocycles. The Bertz CT molecular complexity index is 4400. The number of allylic oxidation sites excluding steroid dienone is 2. The Morgan fingerprint density at radius 2 is 0.776 bits per heavy atom. The van der Waals surface area contributed by atoms with Crippen molar-refractivity contribution in [3.8, 4) is 0 Å². The van der Waals surface area contributed by atoms with Crippen LogP contribution < -0.4 is 0 Å². The Kier molecular flexibility index (Phi) is 13.9. The topological polar surface area (TPSA) is 0 Å². The van der Waals surface area contributed by atoms with Crippen LogP contribution in [-0.4, -0.2) is 0 Å². The molecule has 2 aliphatic carbocycles. The molecule has 0 bridgehead atoms. The molecule has 0 N–H and O–H groups in total. The molecule has 0 fully saturated rings. The van der Waals surface area contributed by atoms with Crippen LogP contribution in [0.5, 0.6) is 0 Å². The number of hydrogen-bond acceptors (Lipinski definition) is 0. The molecule has 0 aromatic heterocycles. The molecule has 2 aliphatic rings. The van der Waals surface area contributed by atoms with Gasteiger partial charge in [0.1, 0.15) is 0 Å². The Hall–Kier alpha value is -8.58. The van der Waals surface area contributed by atoms with Crippen LogP contribution in [0.4, 0.5) is 0 Å². The second-order valence-electron chi connectivity index (χ2n) is 21.4. The molecule has 0 saturated carbocycles. The monoisotopic (exact) mass is 979 g/mol. The standard InChI is InChI=1S/C16H14.2C15H14.2C15H12/c1-11-7-8-15-13(9-11)10-12(2)14-5-3-4-6-16(14)15;1-10-6-12-4-3-5-13-7-11(2)9-14(8-10)15(12)13;1-10-6-8-12-9-7-11(2)14-5-3-4-13(10)15(12)14;1-11-6-7-14-9-12-4-2-3-5-13(12)10-15(14)8-11;1-11-6-7-13-9-8-12-4-2-3-5-14(12)15(13)10-11/h3-10H,1-2H3;2*3-4,6-9H,5H2,1-2H3;2*2-10H,1H3. The van der Waals surface area contributed by atoms with Crippen LogP contribution in [0.2, 0.25) is 0 Å². The van der Waals surface area contributed by atoms with Gasteiger partial charge in [0.2, 0.25) is 0 Å². The first-order valence-corrected chi connectivity index (χ1v) is 27.0. The Balaban J connectivity index is 0.000000101. The smallest absolute Gasteiger partial charge is 0.00710 e. The summed E-state index contributed by atoms with van der Waals surface area (Å²) in [6.45, 7) is 17.3. The zero-order valence-electron chi connectivity index (χ0n) is 45.4. The molecule has 0 radical (unpaired) electrons. The van der Waals surface area contributed by atoms with E-state index in [4.69, 9.17) is 0 Å². The van der Waals surface area contributed by atoms with Crippen molar-refractivity contribution in [2.75, 3.05) is 0 Å². The number of benzene rings is 13. The highest BCUT2D eigenvalue weighted by atomic mass is 14.2. The Labute approximate surface area is 449 Å². The molecule has 0 aliphatic heterocycles. The zero-order valence-corrected chi connectivity index (χ0v) is 45.4. The van der Waals surface area contributed by atoms with Gasteiger partial charge >= 0.3 is 0 Å². The number of aryl methyl sites for hydroxylation is 8. The molecular weight excluding hydrogens is 913 g/mol. The maximum absolute atomic E-state index is 2.31. The first-order chi connectivity index (χ1) is 36.9. The fourth-order valence-corrected chi connectivity index (χ4v) is 11.7. The van der Waals surface area contributed by atoms with E-state index in [1.807, 2.05) is 0 Å². The molecule has 0 spiro atoms. The summed E-state index contributed by atoms with van der Waals surface area (Å²) in [4.78, 5) is 0. The van der Waals surface area contributed by atoms with Crippen LogP contribution in [0.25, 0.3) is 98.3 Å². The van der Waals surface area contributed by atoms with Crippen molar-refractivity contribution in [3.05, 3.63) is 285 Å². The van der Waals surface area contributed by atoms with Gasteiger partial charge in [-0.25, -0.2) is 0 Å². The minimum atomic E-state index is 1.08. The van der Waals surface area contributed by atoms with E-state index in [0.717, 1.165) is 12.8 Å². The molecule has 0 heterocycles. The van der Waals surface area contributed by atoms with Crippen molar-refractivity contribution >= 4 is 98.3 Å². The summed E-state index contributed by atoms with van der Waals surface area (Å²) < 4.78 is 0. The van der Waals surface area contributed by atoms with E-state index in [1.54, 1.807) is 0 Å². The third-order valence-electron chi connectivity index (χ3n) is 15.5. The van der Waals surface area contributed by atoms with Crippen LogP contribution in [0.3, 0.4) is 0 Å². The lowest BCUT2D eigenvalue weighted by molar-refractivity contribution is 1.23. The van der Waals surface area contributed by atoms with E-state index >= 15 is 0 Å². The molecule has 0 amide bonds. The van der Waals surface area contributed by atoms with E-state index in [9.17, 15) is 0 Å². The molecule has 13 aromatic rings. The lowest BCUT2D eigenvalue weighted by atomic mass is 9.88. The summed E-state index contributed by atoms with van der Waals surface area (Å²) >= 11 is 0. The SMILES string of the molecule is Cc1cc2c3c(cc(C)cc3c1)CC=C2.Cc1ccc2c(c1)cc(C)c1ccccc12.Cc1ccc2cc3ccccc3cc2c1.Cc1ccc2ccc(C)c3c2c1C=CC3.Cc1ccc2ccc3ccccc3c2c1. The highest BCUT2D eigenvalue weighted by Crippen LogP contribution is 2.34.